The highest BCUT2D eigenvalue weighted by Crippen LogP contribution is 2.22. The number of hydrogen-bond donors (Lipinski definition) is 2. The quantitative estimate of drug-likeness (QED) is 0.825. The Hall–Kier alpha value is -2.14. The molecule has 2 N–H and O–H groups in total. The molecule has 0 aromatic heterocycles. The summed E-state index contributed by atoms with van der Waals surface area (Å²) in [7, 11) is 0. The summed E-state index contributed by atoms with van der Waals surface area (Å²) in [5.74, 6) is -0.952. The van der Waals surface area contributed by atoms with Crippen LogP contribution < -0.4 is 5.32 Å². The summed E-state index contributed by atoms with van der Waals surface area (Å²) in [5, 5.41) is 11.4. The molecule has 1 aromatic carbocycles. The molecular weight excluding hydrogens is 258 g/mol. The summed E-state index contributed by atoms with van der Waals surface area (Å²) >= 11 is 0. The average molecular weight is 275 g/mol. The highest BCUT2D eigenvalue weighted by molar-refractivity contribution is 5.95. The molecule has 1 amide bonds. The van der Waals surface area contributed by atoms with E-state index in [9.17, 15) is 9.59 Å². The van der Waals surface area contributed by atoms with Crippen LogP contribution >= 0.6 is 0 Å². The molecule has 1 aliphatic rings. The monoisotopic (exact) mass is 275 g/mol. The molecule has 1 aliphatic heterocycles. The normalized spacial score (nSPS) is 22.1. The second-order valence-corrected chi connectivity index (χ2v) is 4.84. The van der Waals surface area contributed by atoms with Crippen molar-refractivity contribution >= 4 is 23.6 Å². The molecule has 1 aromatic rings. The Morgan fingerprint density at radius 1 is 1.45 bits per heavy atom. The molecule has 0 saturated carbocycles. The number of amides is 1. The second-order valence-electron chi connectivity index (χ2n) is 4.84. The maximum absolute atomic E-state index is 12.1. The van der Waals surface area contributed by atoms with Crippen molar-refractivity contribution in [2.75, 3.05) is 11.9 Å². The molecule has 2 unspecified atom stereocenters. The van der Waals surface area contributed by atoms with Gasteiger partial charge >= 0.3 is 5.97 Å². The summed E-state index contributed by atoms with van der Waals surface area (Å²) in [6.45, 7) is 2.60. The summed E-state index contributed by atoms with van der Waals surface area (Å²) in [5.41, 5.74) is 1.34. The topological polar surface area (TPSA) is 75.6 Å². The standard InChI is InChI=1S/C15H17NO4/c1-10-7-8-20-14(10)15(19)16-12-4-2-3-11(9-12)5-6-13(17)18/h2-6,9-10,14H,7-8H2,1H3,(H,16,19)(H,17,18)/b6-5+. The molecule has 1 saturated heterocycles. The number of carboxylic acids is 1. The van der Waals surface area contributed by atoms with Gasteiger partial charge in [-0.3, -0.25) is 4.79 Å². The van der Waals surface area contributed by atoms with Crippen LogP contribution in [0.1, 0.15) is 18.9 Å². The number of rotatable bonds is 4. The predicted octanol–water partition coefficient (Wildman–Crippen LogP) is 2.15. The molecule has 1 heterocycles. The van der Waals surface area contributed by atoms with Crippen molar-refractivity contribution in [2.45, 2.75) is 19.4 Å². The van der Waals surface area contributed by atoms with Crippen molar-refractivity contribution < 1.29 is 19.4 Å². The minimum Gasteiger partial charge on any atom is -0.478 e. The van der Waals surface area contributed by atoms with Crippen LogP contribution in [0, 0.1) is 5.92 Å². The smallest absolute Gasteiger partial charge is 0.328 e. The Morgan fingerprint density at radius 3 is 2.90 bits per heavy atom. The first-order valence-corrected chi connectivity index (χ1v) is 6.50. The minimum absolute atomic E-state index is 0.158. The number of carbonyl (C=O) groups excluding carboxylic acids is 1. The molecular formula is C15H17NO4. The lowest BCUT2D eigenvalue weighted by atomic mass is 10.0. The molecule has 5 nitrogen and oxygen atoms in total. The number of anilines is 1. The lowest BCUT2D eigenvalue weighted by Crippen LogP contribution is -2.31. The van der Waals surface area contributed by atoms with Gasteiger partial charge in [0.05, 0.1) is 0 Å². The van der Waals surface area contributed by atoms with Gasteiger partial charge in [-0.1, -0.05) is 19.1 Å². The maximum atomic E-state index is 12.1. The van der Waals surface area contributed by atoms with Crippen molar-refractivity contribution in [2.24, 2.45) is 5.92 Å². The number of aliphatic carboxylic acids is 1. The molecule has 0 bridgehead atoms. The van der Waals surface area contributed by atoms with E-state index in [1.165, 1.54) is 6.08 Å². The first-order valence-electron chi connectivity index (χ1n) is 6.50. The third kappa shape index (κ3) is 3.68. The van der Waals surface area contributed by atoms with E-state index >= 15 is 0 Å². The van der Waals surface area contributed by atoms with E-state index in [1.54, 1.807) is 24.3 Å². The van der Waals surface area contributed by atoms with Crippen LogP contribution in [0.5, 0.6) is 0 Å². The first-order chi connectivity index (χ1) is 9.56. The van der Waals surface area contributed by atoms with Gasteiger partial charge in [-0.15, -0.1) is 0 Å². The molecule has 20 heavy (non-hydrogen) atoms. The molecule has 0 spiro atoms. The molecule has 0 aliphatic carbocycles. The van der Waals surface area contributed by atoms with Crippen LogP contribution in [0.3, 0.4) is 0 Å². The van der Waals surface area contributed by atoms with E-state index in [4.69, 9.17) is 9.84 Å². The van der Waals surface area contributed by atoms with E-state index in [0.717, 1.165) is 12.5 Å². The Kier molecular flexibility index (Phi) is 4.53. The van der Waals surface area contributed by atoms with Gasteiger partial charge in [-0.05, 0) is 36.1 Å². The molecule has 2 rings (SSSR count). The number of hydrogen-bond acceptors (Lipinski definition) is 3. The number of benzene rings is 1. The zero-order valence-electron chi connectivity index (χ0n) is 11.2. The predicted molar refractivity (Wildman–Crippen MR) is 75.3 cm³/mol. The van der Waals surface area contributed by atoms with Gasteiger partial charge in [0, 0.05) is 18.4 Å². The fourth-order valence-corrected chi connectivity index (χ4v) is 2.13. The van der Waals surface area contributed by atoms with Crippen LogP contribution in [-0.4, -0.2) is 29.7 Å². The minimum atomic E-state index is -1.01. The van der Waals surface area contributed by atoms with Gasteiger partial charge in [0.25, 0.3) is 5.91 Å². The summed E-state index contributed by atoms with van der Waals surface area (Å²) < 4.78 is 5.40. The number of carbonyl (C=O) groups is 2. The molecule has 1 fully saturated rings. The van der Waals surface area contributed by atoms with Crippen molar-refractivity contribution in [1.29, 1.82) is 0 Å². The van der Waals surface area contributed by atoms with Crippen LogP contribution in [0.25, 0.3) is 6.08 Å². The Labute approximate surface area is 117 Å². The van der Waals surface area contributed by atoms with Crippen LogP contribution in [0.4, 0.5) is 5.69 Å². The van der Waals surface area contributed by atoms with E-state index in [-0.39, 0.29) is 11.8 Å². The lowest BCUT2D eigenvalue weighted by molar-refractivity contribution is -0.131. The van der Waals surface area contributed by atoms with Gasteiger partial charge in [0.2, 0.25) is 0 Å². The number of ether oxygens (including phenoxy) is 1. The zero-order chi connectivity index (χ0) is 14.5. The summed E-state index contributed by atoms with van der Waals surface area (Å²) in [6, 6.07) is 7.01. The Bertz CT molecular complexity index is 538. The average Bonchev–Trinajstić information content (AvgIpc) is 2.83. The highest BCUT2D eigenvalue weighted by Gasteiger charge is 2.30. The third-order valence-electron chi connectivity index (χ3n) is 3.22. The van der Waals surface area contributed by atoms with Gasteiger partial charge in [0.1, 0.15) is 6.10 Å². The summed E-state index contributed by atoms with van der Waals surface area (Å²) in [6.07, 6.45) is 3.02. The van der Waals surface area contributed by atoms with Gasteiger partial charge < -0.3 is 15.2 Å². The first kappa shape index (κ1) is 14.3. The van der Waals surface area contributed by atoms with Crippen molar-refractivity contribution in [1.82, 2.24) is 0 Å². The van der Waals surface area contributed by atoms with Crippen LogP contribution in [-0.2, 0) is 14.3 Å². The Morgan fingerprint density at radius 2 is 2.25 bits per heavy atom. The number of carboxylic acid groups (broad SMARTS) is 1. The van der Waals surface area contributed by atoms with Gasteiger partial charge in [-0.25, -0.2) is 4.79 Å². The fraction of sp³-hybridized carbons (Fsp3) is 0.333. The highest BCUT2D eigenvalue weighted by atomic mass is 16.5. The number of nitrogens with one attached hydrogen (secondary N) is 1. The molecule has 106 valence electrons. The lowest BCUT2D eigenvalue weighted by Gasteiger charge is -2.14. The van der Waals surface area contributed by atoms with Crippen molar-refractivity contribution in [3.8, 4) is 0 Å². The van der Waals surface area contributed by atoms with Crippen LogP contribution in [0.2, 0.25) is 0 Å². The van der Waals surface area contributed by atoms with Crippen molar-refractivity contribution in [3.63, 3.8) is 0 Å². The summed E-state index contributed by atoms with van der Waals surface area (Å²) in [4.78, 5) is 22.5. The van der Waals surface area contributed by atoms with Crippen LogP contribution in [0.15, 0.2) is 30.3 Å². The molecule has 0 radical (unpaired) electrons. The van der Waals surface area contributed by atoms with E-state index in [1.807, 2.05) is 6.92 Å². The van der Waals surface area contributed by atoms with Crippen molar-refractivity contribution in [3.05, 3.63) is 35.9 Å². The van der Waals surface area contributed by atoms with E-state index in [2.05, 4.69) is 5.32 Å². The maximum Gasteiger partial charge on any atom is 0.328 e. The van der Waals surface area contributed by atoms with E-state index < -0.39 is 12.1 Å². The third-order valence-corrected chi connectivity index (χ3v) is 3.22. The zero-order valence-corrected chi connectivity index (χ0v) is 11.2. The fourth-order valence-electron chi connectivity index (χ4n) is 2.13. The largest absolute Gasteiger partial charge is 0.478 e. The molecule has 5 heteroatoms. The second kappa shape index (κ2) is 6.34. The van der Waals surface area contributed by atoms with E-state index in [0.29, 0.717) is 17.9 Å². The molecule has 2 atom stereocenters. The van der Waals surface area contributed by atoms with Gasteiger partial charge in [0.15, 0.2) is 0 Å². The Balaban J connectivity index is 2.04. The van der Waals surface area contributed by atoms with Gasteiger partial charge in [-0.2, -0.15) is 0 Å². The SMILES string of the molecule is CC1CCOC1C(=O)Nc1cccc(/C=C/C(=O)O)c1.